The van der Waals surface area contributed by atoms with Crippen LogP contribution < -0.4 is 0 Å². The van der Waals surface area contributed by atoms with Gasteiger partial charge in [0.05, 0.1) is 5.69 Å². The van der Waals surface area contributed by atoms with Crippen molar-refractivity contribution in [3.63, 3.8) is 0 Å². The van der Waals surface area contributed by atoms with E-state index in [9.17, 15) is 0 Å². The van der Waals surface area contributed by atoms with E-state index in [1.54, 1.807) is 0 Å². The summed E-state index contributed by atoms with van der Waals surface area (Å²) in [5, 5.41) is 0. The molecule has 0 saturated heterocycles. The van der Waals surface area contributed by atoms with Crippen molar-refractivity contribution in [1.29, 1.82) is 0 Å². The predicted octanol–water partition coefficient (Wildman–Crippen LogP) is 6.12. The van der Waals surface area contributed by atoms with E-state index in [4.69, 9.17) is 0 Å². The molecule has 0 amide bonds. The Morgan fingerprint density at radius 2 is 1.21 bits per heavy atom. The summed E-state index contributed by atoms with van der Waals surface area (Å²) in [5.41, 5.74) is 7.48. The molecule has 0 unspecified atom stereocenters. The Labute approximate surface area is 142 Å². The van der Waals surface area contributed by atoms with E-state index in [1.165, 1.54) is 33.6 Å². The second-order valence-corrected chi connectivity index (χ2v) is 5.96. The van der Waals surface area contributed by atoms with Crippen LogP contribution in [0.3, 0.4) is 0 Å². The predicted molar refractivity (Wildman–Crippen MR) is 101 cm³/mol. The number of rotatable bonds is 3. The molecule has 4 rings (SSSR count). The van der Waals surface area contributed by atoms with Crippen LogP contribution in [0.2, 0.25) is 0 Å². The molecule has 0 spiro atoms. The summed E-state index contributed by atoms with van der Waals surface area (Å²) in [7, 11) is 0. The monoisotopic (exact) mass is 309 g/mol. The normalized spacial score (nSPS) is 10.7. The Morgan fingerprint density at radius 3 is 1.92 bits per heavy atom. The first-order valence-corrected chi connectivity index (χ1v) is 8.23. The number of benzene rings is 3. The Balaban J connectivity index is 2.00. The molecule has 4 aromatic rings. The highest BCUT2D eigenvalue weighted by Crippen LogP contribution is 2.36. The van der Waals surface area contributed by atoms with Crippen LogP contribution in [0.4, 0.5) is 0 Å². The van der Waals surface area contributed by atoms with E-state index >= 15 is 0 Å². The second kappa shape index (κ2) is 6.21. The maximum atomic E-state index is 2.27. The molecule has 24 heavy (non-hydrogen) atoms. The minimum absolute atomic E-state index is 1.18. The van der Waals surface area contributed by atoms with Crippen LogP contribution in [-0.4, -0.2) is 4.57 Å². The topological polar surface area (TPSA) is 4.93 Å². The van der Waals surface area contributed by atoms with Gasteiger partial charge in [-0.3, -0.25) is 0 Å². The number of hydrogen-bond acceptors (Lipinski definition) is 0. The summed E-state index contributed by atoms with van der Waals surface area (Å²) in [6.45, 7) is 2.17. The fourth-order valence-corrected chi connectivity index (χ4v) is 3.22. The maximum Gasteiger partial charge on any atom is 0.0606 e. The van der Waals surface area contributed by atoms with Crippen LogP contribution in [0.25, 0.3) is 28.1 Å². The van der Waals surface area contributed by atoms with Gasteiger partial charge in [-0.25, -0.2) is 0 Å². The van der Waals surface area contributed by atoms with Crippen LogP contribution in [0.5, 0.6) is 0 Å². The molecule has 0 atom stereocenters. The Kier molecular flexibility index (Phi) is 3.76. The summed E-state index contributed by atoms with van der Waals surface area (Å²) in [6.07, 6.45) is 2.17. The fourth-order valence-electron chi connectivity index (χ4n) is 3.22. The molecular weight excluding hydrogens is 290 g/mol. The largest absolute Gasteiger partial charge is 0.316 e. The van der Waals surface area contributed by atoms with Crippen molar-refractivity contribution >= 4 is 0 Å². The summed E-state index contributed by atoms with van der Waals surface area (Å²) >= 11 is 0. The molecule has 0 aliphatic rings. The average Bonchev–Trinajstić information content (AvgIpc) is 3.08. The molecule has 116 valence electrons. The van der Waals surface area contributed by atoms with Crippen molar-refractivity contribution in [1.82, 2.24) is 4.57 Å². The number of nitrogens with zero attached hydrogens (tertiary/aromatic N) is 1. The van der Waals surface area contributed by atoms with Crippen molar-refractivity contribution < 1.29 is 0 Å². The van der Waals surface area contributed by atoms with Gasteiger partial charge in [-0.1, -0.05) is 72.8 Å². The zero-order valence-corrected chi connectivity index (χ0v) is 13.7. The Morgan fingerprint density at radius 1 is 0.583 bits per heavy atom. The van der Waals surface area contributed by atoms with E-state index in [0.29, 0.717) is 0 Å². The van der Waals surface area contributed by atoms with Crippen LogP contribution in [0.15, 0.2) is 97.2 Å². The van der Waals surface area contributed by atoms with E-state index in [1.807, 2.05) is 0 Å². The zero-order chi connectivity index (χ0) is 16.4. The van der Waals surface area contributed by atoms with Gasteiger partial charge in [-0.05, 0) is 41.8 Å². The van der Waals surface area contributed by atoms with Crippen LogP contribution in [0, 0.1) is 6.92 Å². The molecule has 1 heterocycles. The van der Waals surface area contributed by atoms with E-state index in [0.717, 1.165) is 0 Å². The lowest BCUT2D eigenvalue weighted by Gasteiger charge is -2.13. The van der Waals surface area contributed by atoms with E-state index in [2.05, 4.69) is 109 Å². The highest BCUT2D eigenvalue weighted by atomic mass is 15.0. The van der Waals surface area contributed by atoms with E-state index in [-0.39, 0.29) is 0 Å². The molecular formula is C23H19N. The van der Waals surface area contributed by atoms with Gasteiger partial charge in [-0.2, -0.15) is 0 Å². The molecule has 0 N–H and O–H groups in total. The molecule has 0 aliphatic heterocycles. The molecule has 1 aromatic heterocycles. The second-order valence-electron chi connectivity index (χ2n) is 5.96. The average molecular weight is 309 g/mol. The zero-order valence-electron chi connectivity index (χ0n) is 13.7. The first kappa shape index (κ1) is 14.5. The van der Waals surface area contributed by atoms with Gasteiger partial charge in [-0.15, -0.1) is 0 Å². The fraction of sp³-hybridized carbons (Fsp3) is 0.0435. The molecule has 0 bridgehead atoms. The molecule has 0 saturated carbocycles. The standard InChI is InChI=1S/C23H19N/c1-18-10-8-9-15-21(18)22-16-17-24(20-13-6-3-7-14-20)23(22)19-11-4-2-5-12-19/h2-17H,1H3. The molecule has 1 nitrogen and oxygen atoms in total. The minimum atomic E-state index is 1.18. The van der Waals surface area contributed by atoms with Gasteiger partial charge in [0.2, 0.25) is 0 Å². The van der Waals surface area contributed by atoms with Gasteiger partial charge >= 0.3 is 0 Å². The van der Waals surface area contributed by atoms with E-state index < -0.39 is 0 Å². The van der Waals surface area contributed by atoms with Crippen molar-refractivity contribution in [3.05, 3.63) is 103 Å². The third-order valence-corrected chi connectivity index (χ3v) is 4.40. The lowest BCUT2D eigenvalue weighted by atomic mass is 9.98. The van der Waals surface area contributed by atoms with Crippen LogP contribution >= 0.6 is 0 Å². The highest BCUT2D eigenvalue weighted by molar-refractivity contribution is 5.84. The summed E-state index contributed by atoms with van der Waals surface area (Å²) in [6, 6.07) is 31.9. The molecule has 3 aromatic carbocycles. The summed E-state index contributed by atoms with van der Waals surface area (Å²) < 4.78 is 2.27. The molecule has 1 heteroatoms. The third kappa shape index (κ3) is 2.55. The van der Waals surface area contributed by atoms with Crippen molar-refractivity contribution in [2.45, 2.75) is 6.92 Å². The number of para-hydroxylation sites is 1. The highest BCUT2D eigenvalue weighted by Gasteiger charge is 2.15. The van der Waals surface area contributed by atoms with Crippen LogP contribution in [0.1, 0.15) is 5.56 Å². The quantitative estimate of drug-likeness (QED) is 0.429. The molecule has 0 aliphatic carbocycles. The SMILES string of the molecule is Cc1ccccc1-c1ccn(-c2ccccc2)c1-c1ccccc1. The van der Waals surface area contributed by atoms with Gasteiger partial charge in [0.1, 0.15) is 0 Å². The van der Waals surface area contributed by atoms with Crippen LogP contribution in [-0.2, 0) is 0 Å². The van der Waals surface area contributed by atoms with Crippen molar-refractivity contribution in [2.75, 3.05) is 0 Å². The molecule has 0 radical (unpaired) electrons. The van der Waals surface area contributed by atoms with Gasteiger partial charge in [0, 0.05) is 17.4 Å². The Bertz CT molecular complexity index is 950. The summed E-state index contributed by atoms with van der Waals surface area (Å²) in [5.74, 6) is 0. The maximum absolute atomic E-state index is 2.27. The number of hydrogen-bond donors (Lipinski definition) is 0. The van der Waals surface area contributed by atoms with Gasteiger partial charge < -0.3 is 4.57 Å². The Hall–Kier alpha value is -3.06. The minimum Gasteiger partial charge on any atom is -0.316 e. The van der Waals surface area contributed by atoms with Crippen molar-refractivity contribution in [3.8, 4) is 28.1 Å². The number of aromatic nitrogens is 1. The lowest BCUT2D eigenvalue weighted by Crippen LogP contribution is -1.96. The smallest absolute Gasteiger partial charge is 0.0606 e. The molecule has 0 fully saturated rings. The number of aryl methyl sites for hydroxylation is 1. The van der Waals surface area contributed by atoms with Crippen molar-refractivity contribution in [2.24, 2.45) is 0 Å². The van der Waals surface area contributed by atoms with Gasteiger partial charge in [0.25, 0.3) is 0 Å². The third-order valence-electron chi connectivity index (χ3n) is 4.40. The first-order chi connectivity index (χ1) is 11.8. The van der Waals surface area contributed by atoms with Gasteiger partial charge in [0.15, 0.2) is 0 Å². The lowest BCUT2D eigenvalue weighted by molar-refractivity contribution is 1.09. The first-order valence-electron chi connectivity index (χ1n) is 8.23. The summed E-state index contributed by atoms with van der Waals surface area (Å²) in [4.78, 5) is 0.